The summed E-state index contributed by atoms with van der Waals surface area (Å²) in [6, 6.07) is 19.2. The largest absolute Gasteiger partial charge is 0.496 e. The van der Waals surface area contributed by atoms with Gasteiger partial charge in [-0.1, -0.05) is 18.2 Å². The molecule has 4 rings (SSSR count). The molecular weight excluding hydrogens is 411 g/mol. The van der Waals surface area contributed by atoms with E-state index in [9.17, 15) is 14.0 Å². The van der Waals surface area contributed by atoms with Gasteiger partial charge in [-0.05, 0) is 61.5 Å². The number of carbonyl (C=O) groups excluding carboxylic acids is 2. The highest BCUT2D eigenvalue weighted by Gasteiger charge is 2.41. The van der Waals surface area contributed by atoms with E-state index in [2.05, 4.69) is 5.32 Å². The molecule has 0 atom stereocenters. The standard InChI is InChI=1S/C25H21FN2O4/c1-3-32-19-14-10-17(11-15-19)27-23-22(20-6-4-5-7-21(20)31-2)24(29)28(25(23)30)18-12-8-16(26)9-13-18/h4-15,27H,3H2,1-2H3. The fourth-order valence-electron chi connectivity index (χ4n) is 3.52. The predicted molar refractivity (Wildman–Crippen MR) is 120 cm³/mol. The lowest BCUT2D eigenvalue weighted by molar-refractivity contribution is -0.120. The number of nitrogens with zero attached hydrogens (tertiary/aromatic N) is 1. The number of imide groups is 1. The molecule has 0 aromatic heterocycles. The molecule has 0 aliphatic carbocycles. The van der Waals surface area contributed by atoms with Crippen molar-refractivity contribution in [3.63, 3.8) is 0 Å². The van der Waals surface area contributed by atoms with Crippen LogP contribution in [0.3, 0.4) is 0 Å². The molecule has 1 aliphatic heterocycles. The molecule has 0 unspecified atom stereocenters. The van der Waals surface area contributed by atoms with Crippen molar-refractivity contribution < 1.29 is 23.5 Å². The lowest BCUT2D eigenvalue weighted by Crippen LogP contribution is -2.32. The highest BCUT2D eigenvalue weighted by atomic mass is 19.1. The molecule has 0 radical (unpaired) electrons. The summed E-state index contributed by atoms with van der Waals surface area (Å²) in [5.41, 5.74) is 1.64. The number of hydrogen-bond donors (Lipinski definition) is 1. The first kappa shape index (κ1) is 21.1. The minimum Gasteiger partial charge on any atom is -0.496 e. The van der Waals surface area contributed by atoms with Crippen LogP contribution in [-0.4, -0.2) is 25.5 Å². The average molecular weight is 432 g/mol. The second-order valence-electron chi connectivity index (χ2n) is 6.95. The summed E-state index contributed by atoms with van der Waals surface area (Å²) in [7, 11) is 1.50. The number of halogens is 1. The molecule has 0 spiro atoms. The van der Waals surface area contributed by atoms with Gasteiger partial charge in [0.25, 0.3) is 11.8 Å². The Morgan fingerprint density at radius 1 is 0.906 bits per heavy atom. The molecule has 0 fully saturated rings. The zero-order chi connectivity index (χ0) is 22.7. The van der Waals surface area contributed by atoms with Gasteiger partial charge in [-0.3, -0.25) is 9.59 Å². The van der Waals surface area contributed by atoms with E-state index in [-0.39, 0.29) is 17.0 Å². The summed E-state index contributed by atoms with van der Waals surface area (Å²) >= 11 is 0. The molecular formula is C25H21FN2O4. The average Bonchev–Trinajstić information content (AvgIpc) is 3.05. The van der Waals surface area contributed by atoms with Gasteiger partial charge in [0.05, 0.1) is 25.0 Å². The third kappa shape index (κ3) is 3.92. The Balaban J connectivity index is 1.80. The van der Waals surface area contributed by atoms with Crippen molar-refractivity contribution in [1.29, 1.82) is 0 Å². The van der Waals surface area contributed by atoms with Gasteiger partial charge in [0.15, 0.2) is 0 Å². The van der Waals surface area contributed by atoms with Crippen molar-refractivity contribution >= 4 is 28.8 Å². The number of benzene rings is 3. The molecule has 0 bridgehead atoms. The fourth-order valence-corrected chi connectivity index (χ4v) is 3.52. The van der Waals surface area contributed by atoms with Crippen LogP contribution in [0.15, 0.2) is 78.5 Å². The van der Waals surface area contributed by atoms with E-state index in [0.29, 0.717) is 29.4 Å². The van der Waals surface area contributed by atoms with Gasteiger partial charge in [0.1, 0.15) is 23.0 Å². The van der Waals surface area contributed by atoms with Gasteiger partial charge in [-0.25, -0.2) is 9.29 Å². The predicted octanol–water partition coefficient (Wildman–Crippen LogP) is 4.63. The molecule has 162 valence electrons. The van der Waals surface area contributed by atoms with Gasteiger partial charge in [-0.15, -0.1) is 0 Å². The van der Waals surface area contributed by atoms with Crippen molar-refractivity contribution in [2.45, 2.75) is 6.92 Å². The van der Waals surface area contributed by atoms with Crippen LogP contribution in [0.5, 0.6) is 11.5 Å². The van der Waals surface area contributed by atoms with E-state index in [4.69, 9.17) is 9.47 Å². The topological polar surface area (TPSA) is 67.9 Å². The monoisotopic (exact) mass is 432 g/mol. The third-order valence-corrected chi connectivity index (χ3v) is 4.98. The van der Waals surface area contributed by atoms with Crippen molar-refractivity contribution in [3.8, 4) is 11.5 Å². The molecule has 2 amide bonds. The minimum atomic E-state index is -0.545. The number of rotatable bonds is 7. The SMILES string of the molecule is CCOc1ccc(NC2=C(c3ccccc3OC)C(=O)N(c3ccc(F)cc3)C2=O)cc1. The zero-order valence-electron chi connectivity index (χ0n) is 17.6. The molecule has 1 aliphatic rings. The van der Waals surface area contributed by atoms with E-state index < -0.39 is 17.6 Å². The van der Waals surface area contributed by atoms with Crippen LogP contribution in [0.2, 0.25) is 0 Å². The second kappa shape index (κ2) is 8.93. The van der Waals surface area contributed by atoms with E-state index in [1.807, 2.05) is 6.92 Å². The van der Waals surface area contributed by atoms with Crippen molar-refractivity contribution in [2.75, 3.05) is 23.9 Å². The number of hydrogen-bond acceptors (Lipinski definition) is 5. The zero-order valence-corrected chi connectivity index (χ0v) is 17.6. The van der Waals surface area contributed by atoms with Gasteiger partial charge >= 0.3 is 0 Å². The number of ether oxygens (including phenoxy) is 2. The highest BCUT2D eigenvalue weighted by Crippen LogP contribution is 2.37. The van der Waals surface area contributed by atoms with Crippen LogP contribution >= 0.6 is 0 Å². The number of amides is 2. The number of para-hydroxylation sites is 1. The van der Waals surface area contributed by atoms with E-state index >= 15 is 0 Å². The van der Waals surface area contributed by atoms with Gasteiger partial charge in [0.2, 0.25) is 0 Å². The summed E-state index contributed by atoms with van der Waals surface area (Å²) in [6.07, 6.45) is 0. The summed E-state index contributed by atoms with van der Waals surface area (Å²) in [4.78, 5) is 27.9. The first-order valence-electron chi connectivity index (χ1n) is 10.1. The van der Waals surface area contributed by atoms with Crippen LogP contribution in [0, 0.1) is 5.82 Å². The molecule has 1 heterocycles. The molecule has 0 saturated carbocycles. The first-order valence-corrected chi connectivity index (χ1v) is 10.1. The maximum atomic E-state index is 13.4. The normalized spacial score (nSPS) is 13.5. The second-order valence-corrected chi connectivity index (χ2v) is 6.95. The molecule has 3 aromatic carbocycles. The highest BCUT2D eigenvalue weighted by molar-refractivity contribution is 6.46. The van der Waals surface area contributed by atoms with Crippen molar-refractivity contribution in [2.24, 2.45) is 0 Å². The Hall–Kier alpha value is -4.13. The molecule has 3 aromatic rings. The Morgan fingerprint density at radius 2 is 1.59 bits per heavy atom. The van der Waals surface area contributed by atoms with Gasteiger partial charge < -0.3 is 14.8 Å². The quantitative estimate of drug-likeness (QED) is 0.552. The van der Waals surface area contributed by atoms with E-state index in [0.717, 1.165) is 4.90 Å². The Bertz CT molecular complexity index is 1190. The van der Waals surface area contributed by atoms with Crippen LogP contribution in [0.1, 0.15) is 12.5 Å². The Morgan fingerprint density at radius 3 is 2.25 bits per heavy atom. The molecule has 1 N–H and O–H groups in total. The summed E-state index contributed by atoms with van der Waals surface area (Å²) in [5.74, 6) is -0.385. The Labute approximate surface area is 184 Å². The lowest BCUT2D eigenvalue weighted by atomic mass is 10.0. The third-order valence-electron chi connectivity index (χ3n) is 4.98. The smallest absolute Gasteiger partial charge is 0.282 e. The maximum absolute atomic E-state index is 13.4. The van der Waals surface area contributed by atoms with Crippen LogP contribution < -0.4 is 19.7 Å². The summed E-state index contributed by atoms with van der Waals surface area (Å²) < 4.78 is 24.3. The summed E-state index contributed by atoms with van der Waals surface area (Å²) in [6.45, 7) is 2.43. The van der Waals surface area contributed by atoms with Crippen LogP contribution in [0.4, 0.5) is 15.8 Å². The molecule has 32 heavy (non-hydrogen) atoms. The first-order chi connectivity index (χ1) is 15.5. The number of methoxy groups -OCH3 is 1. The number of nitrogens with one attached hydrogen (secondary N) is 1. The summed E-state index contributed by atoms with van der Waals surface area (Å²) in [5, 5.41) is 3.08. The fraction of sp³-hybridized carbons (Fsp3) is 0.120. The minimum absolute atomic E-state index is 0.105. The van der Waals surface area contributed by atoms with Gasteiger partial charge in [0, 0.05) is 11.3 Å². The van der Waals surface area contributed by atoms with Crippen molar-refractivity contribution in [1.82, 2.24) is 0 Å². The lowest BCUT2D eigenvalue weighted by Gasteiger charge is -2.15. The number of anilines is 2. The molecule has 7 heteroatoms. The molecule has 0 saturated heterocycles. The Kier molecular flexibility index (Phi) is 5.89. The van der Waals surface area contributed by atoms with Crippen LogP contribution in [0.25, 0.3) is 5.57 Å². The van der Waals surface area contributed by atoms with Gasteiger partial charge in [-0.2, -0.15) is 0 Å². The van der Waals surface area contributed by atoms with E-state index in [1.165, 1.54) is 31.4 Å². The molecule has 6 nitrogen and oxygen atoms in total. The number of carbonyl (C=O) groups is 2. The van der Waals surface area contributed by atoms with Crippen molar-refractivity contribution in [3.05, 3.63) is 89.9 Å². The van der Waals surface area contributed by atoms with E-state index in [1.54, 1.807) is 48.5 Å². The van der Waals surface area contributed by atoms with Crippen LogP contribution in [-0.2, 0) is 9.59 Å². The maximum Gasteiger partial charge on any atom is 0.282 e.